The van der Waals surface area contributed by atoms with E-state index in [0.29, 0.717) is 0 Å². The van der Waals surface area contributed by atoms with Gasteiger partial charge in [0.25, 0.3) is 0 Å². The van der Waals surface area contributed by atoms with E-state index in [2.05, 4.69) is 179 Å². The molecule has 0 radical (unpaired) electrons. The lowest BCUT2D eigenvalue weighted by molar-refractivity contribution is -0.666. The molecule has 8 aromatic rings. The van der Waals surface area contributed by atoms with Crippen LogP contribution in [0.2, 0.25) is 0 Å². The fraction of sp³-hybridized carbons (Fsp3) is 0.125. The summed E-state index contributed by atoms with van der Waals surface area (Å²) in [7, 11) is 7.35. The molecule has 0 aliphatic rings. The van der Waals surface area contributed by atoms with Crippen molar-refractivity contribution < 1.29 is 18.6 Å². The molecule has 6 heteroatoms. The molecule has 0 fully saturated rings. The number of rotatable bonds is 13. The Morgan fingerprint density at radius 1 is 0.407 bits per heavy atom. The number of ether oxygens (including phenoxy) is 2. The molecule has 266 valence electrons. The Balaban J connectivity index is 0.904. The molecule has 0 saturated heterocycles. The number of aromatic nitrogens is 2. The zero-order chi connectivity index (χ0) is 36.7. The number of fused-ring (bicyclic) bond motifs is 4. The molecule has 0 aliphatic carbocycles. The first kappa shape index (κ1) is 35.5. The Morgan fingerprint density at radius 2 is 0.759 bits per heavy atom. The van der Waals surface area contributed by atoms with Crippen LogP contribution in [0.25, 0.3) is 67.7 Å². The van der Waals surface area contributed by atoms with Crippen LogP contribution in [0.5, 0.6) is 11.5 Å². The lowest BCUT2D eigenvalue weighted by atomic mass is 10.0. The van der Waals surface area contributed by atoms with E-state index in [1.54, 1.807) is 14.2 Å². The molecule has 0 aliphatic heterocycles. The van der Waals surface area contributed by atoms with Crippen molar-refractivity contribution in [1.82, 2.24) is 0 Å². The molecule has 0 saturated carbocycles. The van der Waals surface area contributed by atoms with Crippen molar-refractivity contribution >= 4 is 89.2 Å². The highest BCUT2D eigenvalue weighted by molar-refractivity contribution is 8.76. The lowest BCUT2D eigenvalue weighted by Crippen LogP contribution is -2.36. The molecule has 2 heterocycles. The summed E-state index contributed by atoms with van der Waals surface area (Å²) in [5.41, 5.74) is 7.28. The maximum Gasteiger partial charge on any atom is 0.213 e. The molecule has 8 rings (SSSR count). The van der Waals surface area contributed by atoms with Gasteiger partial charge in [-0.2, -0.15) is 9.13 Å². The SMILES string of the molecule is COc1ccc(C=Cc2cc[n+](CCSSCC[n+]3ccc(C=Cc4ccc(OC)c5ccccc45)c4ccccc43)c3ccccc23)c2ccccc12. The minimum absolute atomic E-state index is 0.898. The minimum Gasteiger partial charge on any atom is -0.496 e. The predicted molar refractivity (Wildman–Crippen MR) is 232 cm³/mol. The Labute approximate surface area is 324 Å². The predicted octanol–water partition coefficient (Wildman–Crippen LogP) is 11.3. The summed E-state index contributed by atoms with van der Waals surface area (Å²) in [4.78, 5) is 0. The standard InChI is InChI=1S/C48H42N2O2S2/c1-51-47-25-23-35(39-11-3-5-15-43(39)47)19-21-37-27-29-49(45-17-9-7-13-41(37)45)31-33-53-54-34-32-50-30-28-38(42-14-8-10-18-46(42)50)22-20-36-24-26-48(52-2)44-16-6-4-12-40(36)44/h3-30H,31-34H2,1-2H3/q+2. The summed E-state index contributed by atoms with van der Waals surface area (Å²) < 4.78 is 16.0. The van der Waals surface area contributed by atoms with Crippen LogP contribution >= 0.6 is 21.6 Å². The van der Waals surface area contributed by atoms with Crippen molar-refractivity contribution in [2.75, 3.05) is 25.7 Å². The number of pyridine rings is 2. The average Bonchev–Trinajstić information content (AvgIpc) is 3.23. The molecule has 54 heavy (non-hydrogen) atoms. The van der Waals surface area contributed by atoms with Crippen LogP contribution in [0.3, 0.4) is 0 Å². The molecule has 6 aromatic carbocycles. The summed E-state index contributed by atoms with van der Waals surface area (Å²) in [5, 5.41) is 7.14. The number of benzene rings is 6. The van der Waals surface area contributed by atoms with Gasteiger partial charge in [0, 0.05) is 35.0 Å². The highest BCUT2D eigenvalue weighted by atomic mass is 33.1. The Kier molecular flexibility index (Phi) is 10.9. The molecule has 0 bridgehead atoms. The molecule has 0 unspecified atom stereocenters. The first-order chi connectivity index (χ1) is 26.7. The van der Waals surface area contributed by atoms with E-state index in [4.69, 9.17) is 9.47 Å². The lowest BCUT2D eigenvalue weighted by Gasteiger charge is -2.08. The molecule has 0 N–H and O–H groups in total. The topological polar surface area (TPSA) is 26.2 Å². The highest BCUT2D eigenvalue weighted by Crippen LogP contribution is 2.31. The molecule has 4 nitrogen and oxygen atoms in total. The largest absolute Gasteiger partial charge is 0.496 e. The Bertz CT molecular complexity index is 2480. The van der Waals surface area contributed by atoms with E-state index in [0.717, 1.165) is 46.9 Å². The summed E-state index contributed by atoms with van der Waals surface area (Å²) >= 11 is 0. The fourth-order valence-electron chi connectivity index (χ4n) is 7.28. The van der Waals surface area contributed by atoms with Gasteiger partial charge in [0.1, 0.15) is 11.5 Å². The van der Waals surface area contributed by atoms with Crippen molar-refractivity contribution in [2.24, 2.45) is 0 Å². The van der Waals surface area contributed by atoms with Gasteiger partial charge in [-0.3, -0.25) is 0 Å². The third kappa shape index (κ3) is 7.45. The van der Waals surface area contributed by atoms with E-state index >= 15 is 0 Å². The molecule has 0 spiro atoms. The van der Waals surface area contributed by atoms with Crippen molar-refractivity contribution in [3.8, 4) is 11.5 Å². The molecular weight excluding hydrogens is 701 g/mol. The summed E-state index contributed by atoms with van der Waals surface area (Å²) in [6.45, 7) is 1.90. The average molecular weight is 743 g/mol. The third-order valence-corrected chi connectivity index (χ3v) is 12.4. The van der Waals surface area contributed by atoms with Crippen molar-refractivity contribution in [2.45, 2.75) is 13.1 Å². The highest BCUT2D eigenvalue weighted by Gasteiger charge is 2.14. The van der Waals surface area contributed by atoms with Crippen LogP contribution < -0.4 is 18.6 Å². The van der Waals surface area contributed by atoms with Gasteiger partial charge in [0.2, 0.25) is 11.0 Å². The molecule has 0 atom stereocenters. The summed E-state index contributed by atoms with van der Waals surface area (Å²) in [6, 6.07) is 47.1. The number of nitrogens with zero attached hydrogens (tertiary/aromatic N) is 2. The first-order valence-corrected chi connectivity index (χ1v) is 20.7. The van der Waals surface area contributed by atoms with Crippen molar-refractivity contribution in [1.29, 1.82) is 0 Å². The van der Waals surface area contributed by atoms with Gasteiger partial charge in [-0.25, -0.2) is 0 Å². The van der Waals surface area contributed by atoms with Gasteiger partial charge in [-0.15, -0.1) is 0 Å². The fourth-order valence-corrected chi connectivity index (χ4v) is 9.21. The Hall–Kier alpha value is -5.56. The van der Waals surface area contributed by atoms with Crippen LogP contribution in [-0.4, -0.2) is 25.7 Å². The zero-order valence-electron chi connectivity index (χ0n) is 30.5. The maximum atomic E-state index is 5.61. The van der Waals surface area contributed by atoms with Crippen LogP contribution in [0.4, 0.5) is 0 Å². The summed E-state index contributed by atoms with van der Waals surface area (Å²) in [5.74, 6) is 3.86. The van der Waals surface area contributed by atoms with Gasteiger partial charge in [-0.1, -0.05) is 131 Å². The van der Waals surface area contributed by atoms with Crippen LogP contribution in [0, 0.1) is 0 Å². The third-order valence-electron chi connectivity index (χ3n) is 9.99. The normalized spacial score (nSPS) is 11.8. The van der Waals surface area contributed by atoms with Gasteiger partial charge in [-0.05, 0) is 57.3 Å². The van der Waals surface area contributed by atoms with Gasteiger partial charge >= 0.3 is 0 Å². The Morgan fingerprint density at radius 3 is 1.17 bits per heavy atom. The molecular formula is C48H42N2O2S2+2. The first-order valence-electron chi connectivity index (χ1n) is 18.3. The number of hydrogen-bond donors (Lipinski definition) is 0. The smallest absolute Gasteiger partial charge is 0.213 e. The number of hydrogen-bond acceptors (Lipinski definition) is 4. The zero-order valence-corrected chi connectivity index (χ0v) is 32.2. The van der Waals surface area contributed by atoms with Gasteiger partial charge < -0.3 is 9.47 Å². The maximum absolute atomic E-state index is 5.61. The summed E-state index contributed by atoms with van der Waals surface area (Å²) in [6.07, 6.45) is 13.4. The molecule has 0 amide bonds. The second kappa shape index (κ2) is 16.6. The van der Waals surface area contributed by atoms with E-state index in [-0.39, 0.29) is 0 Å². The monoisotopic (exact) mass is 742 g/mol. The van der Waals surface area contributed by atoms with Gasteiger partial charge in [0.15, 0.2) is 25.5 Å². The van der Waals surface area contributed by atoms with Gasteiger partial charge in [0.05, 0.1) is 36.5 Å². The van der Waals surface area contributed by atoms with E-state index in [1.165, 1.54) is 54.8 Å². The quantitative estimate of drug-likeness (QED) is 0.0667. The second-order valence-electron chi connectivity index (χ2n) is 13.1. The van der Waals surface area contributed by atoms with Crippen LogP contribution in [0.1, 0.15) is 22.3 Å². The van der Waals surface area contributed by atoms with E-state index in [1.807, 2.05) is 21.6 Å². The molecule has 2 aromatic heterocycles. The number of para-hydroxylation sites is 2. The van der Waals surface area contributed by atoms with Crippen LogP contribution in [0.15, 0.2) is 146 Å². The van der Waals surface area contributed by atoms with E-state index < -0.39 is 0 Å². The van der Waals surface area contributed by atoms with Crippen molar-refractivity contribution in [3.63, 3.8) is 0 Å². The van der Waals surface area contributed by atoms with E-state index in [9.17, 15) is 0 Å². The minimum atomic E-state index is 0.898. The number of methoxy groups -OCH3 is 2. The van der Waals surface area contributed by atoms with Crippen molar-refractivity contribution in [3.05, 3.63) is 168 Å². The van der Waals surface area contributed by atoms with Crippen LogP contribution in [-0.2, 0) is 13.1 Å². The second-order valence-corrected chi connectivity index (χ2v) is 15.8. The number of aryl methyl sites for hydroxylation is 2.